The molecule has 6 heteroatoms. The Morgan fingerprint density at radius 3 is 2.38 bits per heavy atom. The topological polar surface area (TPSA) is 64.9 Å². The van der Waals surface area contributed by atoms with Crippen molar-refractivity contribution in [2.24, 2.45) is 4.99 Å². The van der Waals surface area contributed by atoms with E-state index < -0.39 is 0 Å². The minimum atomic E-state index is 0.132. The predicted octanol–water partition coefficient (Wildman–Crippen LogP) is 4.64. The van der Waals surface area contributed by atoms with E-state index in [1.54, 1.807) is 22.9 Å². The first-order chi connectivity index (χ1) is 12.6. The molecule has 0 heterocycles. The van der Waals surface area contributed by atoms with E-state index in [0.717, 1.165) is 41.4 Å². The normalized spacial score (nSPS) is 12.9. The summed E-state index contributed by atoms with van der Waals surface area (Å²) in [7, 11) is 3.62. The molecule has 4 nitrogen and oxygen atoms in total. The Bertz CT molecular complexity index is 722. The van der Waals surface area contributed by atoms with Crippen molar-refractivity contribution in [3.8, 4) is 11.5 Å². The molecule has 0 radical (unpaired) electrons. The number of phenolic OH excluding ortho intramolecular Hbond substituents is 2. The second kappa shape index (κ2) is 11.2. The summed E-state index contributed by atoms with van der Waals surface area (Å²) < 4.78 is 0. The van der Waals surface area contributed by atoms with Crippen LogP contribution in [0, 0.1) is 0 Å². The van der Waals surface area contributed by atoms with Crippen molar-refractivity contribution in [2.75, 3.05) is 24.6 Å². The lowest BCUT2D eigenvalue weighted by atomic mass is 10.1. The first-order valence-corrected chi connectivity index (χ1v) is 11.1. The van der Waals surface area contributed by atoms with Gasteiger partial charge in [-0.15, -0.1) is 0 Å². The number of hydrogen-bond donors (Lipinski definition) is 3. The Kier molecular flexibility index (Phi) is 8.88. The zero-order valence-corrected chi connectivity index (χ0v) is 16.8. The number of phenols is 2. The third kappa shape index (κ3) is 6.59. The van der Waals surface area contributed by atoms with Gasteiger partial charge in [0, 0.05) is 47.5 Å². The SMILES string of the molecule is CC(=NCCSSCCNC(C)c1ccccc1O)c1ccccc1O. The standard InChI is InChI=1S/C20H26N2O2S2/c1-15(17-7-3-5-9-19(17)23)21-11-13-25-26-14-12-22-16(2)18-8-4-6-10-20(18)24/h3-10,15,21,23-24H,11-14H2,1-2H3. The predicted molar refractivity (Wildman–Crippen MR) is 115 cm³/mol. The molecule has 2 rings (SSSR count). The van der Waals surface area contributed by atoms with Gasteiger partial charge in [-0.3, -0.25) is 4.99 Å². The summed E-state index contributed by atoms with van der Waals surface area (Å²) in [4.78, 5) is 4.53. The van der Waals surface area contributed by atoms with E-state index >= 15 is 0 Å². The minimum absolute atomic E-state index is 0.132. The van der Waals surface area contributed by atoms with Crippen LogP contribution in [-0.2, 0) is 0 Å². The highest BCUT2D eigenvalue weighted by Gasteiger charge is 2.08. The number of rotatable bonds is 10. The van der Waals surface area contributed by atoms with Gasteiger partial charge >= 0.3 is 0 Å². The highest BCUT2D eigenvalue weighted by Crippen LogP contribution is 2.24. The van der Waals surface area contributed by atoms with Crippen LogP contribution in [0.2, 0.25) is 0 Å². The fourth-order valence-corrected chi connectivity index (χ4v) is 4.30. The zero-order valence-electron chi connectivity index (χ0n) is 15.2. The second-order valence-corrected chi connectivity index (χ2v) is 8.56. The molecule has 0 fully saturated rings. The number of nitrogens with one attached hydrogen (secondary N) is 1. The van der Waals surface area contributed by atoms with Crippen molar-refractivity contribution in [2.45, 2.75) is 19.9 Å². The number of aromatic hydroxyl groups is 2. The Morgan fingerprint density at radius 2 is 1.65 bits per heavy atom. The van der Waals surface area contributed by atoms with Gasteiger partial charge in [-0.05, 0) is 32.0 Å². The van der Waals surface area contributed by atoms with Crippen LogP contribution in [0.1, 0.15) is 31.0 Å². The van der Waals surface area contributed by atoms with Crippen molar-refractivity contribution in [1.82, 2.24) is 5.32 Å². The van der Waals surface area contributed by atoms with E-state index in [0.29, 0.717) is 5.75 Å². The summed E-state index contributed by atoms with van der Waals surface area (Å²) in [6.07, 6.45) is 0. The molecule has 140 valence electrons. The molecule has 3 N–H and O–H groups in total. The van der Waals surface area contributed by atoms with Gasteiger partial charge in [0.25, 0.3) is 0 Å². The summed E-state index contributed by atoms with van der Waals surface area (Å²) in [5.41, 5.74) is 2.60. The number of benzene rings is 2. The van der Waals surface area contributed by atoms with E-state index in [1.807, 2.05) is 54.1 Å². The van der Waals surface area contributed by atoms with Crippen molar-refractivity contribution in [3.05, 3.63) is 59.7 Å². The maximum atomic E-state index is 9.85. The highest BCUT2D eigenvalue weighted by molar-refractivity contribution is 8.76. The van der Waals surface area contributed by atoms with E-state index in [1.165, 1.54) is 0 Å². The van der Waals surface area contributed by atoms with Crippen molar-refractivity contribution < 1.29 is 10.2 Å². The fourth-order valence-electron chi connectivity index (χ4n) is 2.51. The van der Waals surface area contributed by atoms with Gasteiger partial charge in [0.15, 0.2) is 0 Å². The number of para-hydroxylation sites is 2. The average Bonchev–Trinajstić information content (AvgIpc) is 2.64. The van der Waals surface area contributed by atoms with Crippen LogP contribution in [0.3, 0.4) is 0 Å². The summed E-state index contributed by atoms with van der Waals surface area (Å²) in [5.74, 6) is 2.54. The number of nitrogens with zero attached hydrogens (tertiary/aromatic N) is 1. The van der Waals surface area contributed by atoms with Gasteiger partial charge < -0.3 is 15.5 Å². The van der Waals surface area contributed by atoms with Crippen molar-refractivity contribution in [3.63, 3.8) is 0 Å². The molecule has 0 spiro atoms. The lowest BCUT2D eigenvalue weighted by Gasteiger charge is -2.15. The molecule has 0 saturated carbocycles. The van der Waals surface area contributed by atoms with Crippen LogP contribution in [0.15, 0.2) is 53.5 Å². The van der Waals surface area contributed by atoms with Gasteiger partial charge in [0.1, 0.15) is 11.5 Å². The van der Waals surface area contributed by atoms with E-state index in [9.17, 15) is 10.2 Å². The molecule has 0 aliphatic rings. The smallest absolute Gasteiger partial charge is 0.124 e. The molecule has 0 amide bonds. The van der Waals surface area contributed by atoms with Crippen LogP contribution in [0.4, 0.5) is 0 Å². The number of aliphatic imine (C=N–C) groups is 1. The summed E-state index contributed by atoms with van der Waals surface area (Å²) in [6, 6.07) is 14.9. The Morgan fingerprint density at radius 1 is 1.00 bits per heavy atom. The Hall–Kier alpha value is -1.63. The Balaban J connectivity index is 1.59. The monoisotopic (exact) mass is 390 g/mol. The quantitative estimate of drug-likeness (QED) is 0.313. The highest BCUT2D eigenvalue weighted by atomic mass is 33.1. The Labute approximate surface area is 163 Å². The summed E-state index contributed by atoms with van der Waals surface area (Å²) in [6.45, 7) is 5.60. The van der Waals surface area contributed by atoms with Crippen molar-refractivity contribution in [1.29, 1.82) is 0 Å². The summed E-state index contributed by atoms with van der Waals surface area (Å²) in [5, 5.41) is 23.1. The lowest BCUT2D eigenvalue weighted by Crippen LogP contribution is -2.21. The van der Waals surface area contributed by atoms with Gasteiger partial charge in [-0.25, -0.2) is 0 Å². The number of hydrogen-bond acceptors (Lipinski definition) is 6. The van der Waals surface area contributed by atoms with Crippen LogP contribution >= 0.6 is 21.6 Å². The fraction of sp³-hybridized carbons (Fsp3) is 0.350. The first-order valence-electron chi connectivity index (χ1n) is 8.64. The van der Waals surface area contributed by atoms with Gasteiger partial charge in [-0.1, -0.05) is 51.9 Å². The summed E-state index contributed by atoms with van der Waals surface area (Å²) >= 11 is 0. The average molecular weight is 391 g/mol. The third-order valence-corrected chi connectivity index (χ3v) is 6.33. The lowest BCUT2D eigenvalue weighted by molar-refractivity contribution is 0.455. The van der Waals surface area contributed by atoms with Crippen molar-refractivity contribution >= 4 is 27.3 Å². The first kappa shape index (κ1) is 20.7. The third-order valence-electron chi connectivity index (χ3n) is 3.94. The van der Waals surface area contributed by atoms with Crippen LogP contribution in [0.25, 0.3) is 0 Å². The molecule has 26 heavy (non-hydrogen) atoms. The van der Waals surface area contributed by atoms with E-state index in [4.69, 9.17) is 0 Å². The molecule has 0 aromatic heterocycles. The molecule has 0 aliphatic carbocycles. The van der Waals surface area contributed by atoms with Gasteiger partial charge in [-0.2, -0.15) is 0 Å². The minimum Gasteiger partial charge on any atom is -0.508 e. The van der Waals surface area contributed by atoms with Crippen LogP contribution < -0.4 is 5.32 Å². The van der Waals surface area contributed by atoms with Crippen LogP contribution in [0.5, 0.6) is 11.5 Å². The molecule has 0 saturated heterocycles. The largest absolute Gasteiger partial charge is 0.508 e. The molecular weight excluding hydrogens is 364 g/mol. The van der Waals surface area contributed by atoms with Gasteiger partial charge in [0.2, 0.25) is 0 Å². The maximum absolute atomic E-state index is 9.85. The van der Waals surface area contributed by atoms with Gasteiger partial charge in [0.05, 0.1) is 0 Å². The molecule has 1 unspecified atom stereocenters. The molecule has 0 bridgehead atoms. The van der Waals surface area contributed by atoms with E-state index in [2.05, 4.69) is 17.2 Å². The molecule has 2 aromatic rings. The molecule has 2 aromatic carbocycles. The molecule has 0 aliphatic heterocycles. The van der Waals surface area contributed by atoms with Crippen LogP contribution in [-0.4, -0.2) is 40.5 Å². The molecule has 1 atom stereocenters. The zero-order chi connectivity index (χ0) is 18.8. The van der Waals surface area contributed by atoms with E-state index in [-0.39, 0.29) is 11.8 Å². The maximum Gasteiger partial charge on any atom is 0.124 e. The second-order valence-electron chi connectivity index (χ2n) is 5.86. The molecular formula is C20H26N2O2S2.